The minimum Gasteiger partial charge on any atom is -0.387 e. The molecule has 19 heteroatoms. The Hall–Kier alpha value is 0.170. The van der Waals surface area contributed by atoms with Gasteiger partial charge in [0.2, 0.25) is 0 Å². The van der Waals surface area contributed by atoms with Gasteiger partial charge in [-0.15, -0.1) is 0 Å². The molecule has 1 aliphatic carbocycles. The molecule has 16 nitrogen and oxygen atoms in total. The predicted octanol–water partition coefficient (Wildman–Crippen LogP) is -1.94. The number of aliphatic hydroxyl groups excluding tert-OH is 3. The molecule has 1 rings (SSSR count). The van der Waals surface area contributed by atoms with Crippen LogP contribution in [-0.4, -0.2) is 89.6 Å². The summed E-state index contributed by atoms with van der Waals surface area (Å²) in [5.74, 6) is 0. The van der Waals surface area contributed by atoms with Gasteiger partial charge in [0.25, 0.3) is 0 Å². The number of phosphoric ester groups is 3. The highest BCUT2D eigenvalue weighted by Gasteiger charge is 2.56. The van der Waals surface area contributed by atoms with Crippen molar-refractivity contribution in [3.8, 4) is 0 Å². The standard InChI is InChI=1S/C12H28NO15P3/c13-5-3-1-2-4-6-25-31(23,24)28-10-7(14)8(15)11(26-29(17,18)19)12(9(10)16)27-30(20,21)22/h7-12,14-16H,1-6,13H2,(H,23,24)(H2,17,18,19)(H2,20,21,22)/t7-,8-,9+,10+,11+,12+/m1/s1. The van der Waals surface area contributed by atoms with Gasteiger partial charge in [0, 0.05) is 0 Å². The van der Waals surface area contributed by atoms with Crippen molar-refractivity contribution in [3.63, 3.8) is 0 Å². The molecular formula is C12H28NO15P3. The van der Waals surface area contributed by atoms with Crippen LogP contribution >= 0.6 is 23.5 Å². The van der Waals surface area contributed by atoms with E-state index in [0.29, 0.717) is 19.4 Å². The topological polar surface area (TPSA) is 276 Å². The van der Waals surface area contributed by atoms with Gasteiger partial charge in [-0.1, -0.05) is 12.8 Å². The van der Waals surface area contributed by atoms with E-state index in [1.54, 1.807) is 0 Å². The second-order valence-corrected chi connectivity index (χ2v) is 10.5. The van der Waals surface area contributed by atoms with Crippen LogP contribution in [0.2, 0.25) is 0 Å². The maximum atomic E-state index is 12.1. The summed E-state index contributed by atoms with van der Waals surface area (Å²) in [6.07, 6.45) is -11.6. The predicted molar refractivity (Wildman–Crippen MR) is 100 cm³/mol. The minimum absolute atomic E-state index is 0.258. The third-order valence-electron chi connectivity index (χ3n) is 4.15. The number of hydrogen-bond donors (Lipinski definition) is 9. The maximum Gasteiger partial charge on any atom is 0.472 e. The number of unbranched alkanes of at least 4 members (excludes halogenated alkanes) is 3. The van der Waals surface area contributed by atoms with Gasteiger partial charge in [-0.3, -0.25) is 18.1 Å². The smallest absolute Gasteiger partial charge is 0.387 e. The number of rotatable bonds is 13. The molecule has 0 heterocycles. The second kappa shape index (κ2) is 12.0. The number of hydrogen-bond acceptors (Lipinski definition) is 11. The summed E-state index contributed by atoms with van der Waals surface area (Å²) in [7, 11) is -15.8. The summed E-state index contributed by atoms with van der Waals surface area (Å²) < 4.78 is 52.1. The molecule has 0 aromatic rings. The van der Waals surface area contributed by atoms with E-state index in [2.05, 4.69) is 13.6 Å². The van der Waals surface area contributed by atoms with Crippen LogP contribution in [0.15, 0.2) is 0 Å². The van der Waals surface area contributed by atoms with E-state index in [-0.39, 0.29) is 6.61 Å². The fourth-order valence-corrected chi connectivity index (χ4v) is 4.92. The quantitative estimate of drug-likeness (QED) is 0.0945. The fraction of sp³-hybridized carbons (Fsp3) is 1.00. The van der Waals surface area contributed by atoms with Crippen molar-refractivity contribution >= 4 is 23.5 Å². The van der Waals surface area contributed by atoms with E-state index in [1.165, 1.54) is 0 Å². The Kier molecular flexibility index (Phi) is 11.3. The van der Waals surface area contributed by atoms with Gasteiger partial charge in [-0.2, -0.15) is 0 Å². The summed E-state index contributed by atoms with van der Waals surface area (Å²) in [6.45, 7) is 0.221. The maximum absolute atomic E-state index is 12.1. The van der Waals surface area contributed by atoms with E-state index in [4.69, 9.17) is 29.8 Å². The lowest BCUT2D eigenvalue weighted by atomic mass is 9.85. The fourth-order valence-electron chi connectivity index (χ4n) is 2.82. The number of nitrogens with two attached hydrogens (primary N) is 1. The first-order valence-corrected chi connectivity index (χ1v) is 13.5. The van der Waals surface area contributed by atoms with Crippen molar-refractivity contribution in [3.05, 3.63) is 0 Å². The Morgan fingerprint density at radius 3 is 1.58 bits per heavy atom. The zero-order valence-electron chi connectivity index (χ0n) is 16.1. The molecule has 1 saturated carbocycles. The first-order valence-electron chi connectivity index (χ1n) is 8.96. The van der Waals surface area contributed by atoms with Crippen molar-refractivity contribution in [1.82, 2.24) is 0 Å². The van der Waals surface area contributed by atoms with Crippen LogP contribution in [0.5, 0.6) is 0 Å². The molecule has 31 heavy (non-hydrogen) atoms. The minimum atomic E-state index is -5.44. The molecule has 1 aliphatic rings. The third kappa shape index (κ3) is 10.3. The van der Waals surface area contributed by atoms with Gasteiger partial charge in [-0.25, -0.2) is 13.7 Å². The van der Waals surface area contributed by atoms with Gasteiger partial charge in [-0.05, 0) is 19.4 Å². The molecule has 0 amide bonds. The Balaban J connectivity index is 2.94. The molecule has 1 unspecified atom stereocenters. The Bertz CT molecular complexity index is 697. The summed E-state index contributed by atoms with van der Waals surface area (Å²) >= 11 is 0. The van der Waals surface area contributed by atoms with Gasteiger partial charge < -0.3 is 45.5 Å². The first-order chi connectivity index (χ1) is 14.1. The van der Waals surface area contributed by atoms with Crippen LogP contribution < -0.4 is 5.73 Å². The molecule has 0 spiro atoms. The molecule has 0 radical (unpaired) electrons. The molecular weight excluding hydrogens is 491 g/mol. The van der Waals surface area contributed by atoms with Crippen molar-refractivity contribution in [2.75, 3.05) is 13.2 Å². The van der Waals surface area contributed by atoms with Gasteiger partial charge >= 0.3 is 23.5 Å². The van der Waals surface area contributed by atoms with Gasteiger partial charge in [0.15, 0.2) is 0 Å². The Morgan fingerprint density at radius 1 is 0.645 bits per heavy atom. The van der Waals surface area contributed by atoms with Crippen LogP contribution in [0.1, 0.15) is 25.7 Å². The van der Waals surface area contributed by atoms with Crippen LogP contribution in [-0.2, 0) is 31.8 Å². The van der Waals surface area contributed by atoms with Crippen molar-refractivity contribution in [1.29, 1.82) is 0 Å². The monoisotopic (exact) mass is 519 g/mol. The largest absolute Gasteiger partial charge is 0.472 e. The van der Waals surface area contributed by atoms with Gasteiger partial charge in [0.1, 0.15) is 36.6 Å². The van der Waals surface area contributed by atoms with E-state index >= 15 is 0 Å². The Labute approximate surface area is 177 Å². The lowest BCUT2D eigenvalue weighted by Gasteiger charge is -2.44. The third-order valence-corrected chi connectivity index (χ3v) is 6.20. The zero-order chi connectivity index (χ0) is 24.0. The average molecular weight is 519 g/mol. The van der Waals surface area contributed by atoms with E-state index < -0.39 is 60.1 Å². The molecule has 186 valence electrons. The van der Waals surface area contributed by atoms with E-state index in [0.717, 1.165) is 12.8 Å². The molecule has 0 saturated heterocycles. The zero-order valence-corrected chi connectivity index (χ0v) is 18.7. The summed E-state index contributed by atoms with van der Waals surface area (Å²) in [4.78, 5) is 45.6. The highest BCUT2D eigenvalue weighted by atomic mass is 31.2. The second-order valence-electron chi connectivity index (χ2n) is 6.67. The SMILES string of the molecule is NCCCCCCOP(=O)(O)O[C@H]1[C@H](O)[C@@H](O)[C@H](OP(=O)(O)O)[C@@H](OP(=O)(O)O)[C@H]1O. The van der Waals surface area contributed by atoms with Crippen molar-refractivity contribution in [2.24, 2.45) is 5.73 Å². The molecule has 0 aliphatic heterocycles. The molecule has 0 aromatic carbocycles. The molecule has 1 fully saturated rings. The molecule has 0 bridgehead atoms. The first kappa shape index (κ1) is 29.2. The average Bonchev–Trinajstić information content (AvgIpc) is 2.61. The van der Waals surface area contributed by atoms with Crippen LogP contribution in [0.4, 0.5) is 0 Å². The highest BCUT2D eigenvalue weighted by molar-refractivity contribution is 7.47. The highest BCUT2D eigenvalue weighted by Crippen LogP contribution is 2.51. The molecule has 0 aromatic heterocycles. The lowest BCUT2D eigenvalue weighted by molar-refractivity contribution is -0.212. The molecule has 7 atom stereocenters. The van der Waals surface area contributed by atoms with Crippen LogP contribution in [0, 0.1) is 0 Å². The van der Waals surface area contributed by atoms with Crippen molar-refractivity contribution in [2.45, 2.75) is 62.3 Å². The van der Waals surface area contributed by atoms with E-state index in [9.17, 15) is 33.9 Å². The summed E-state index contributed by atoms with van der Waals surface area (Å²) in [5, 5.41) is 30.5. The lowest BCUT2D eigenvalue weighted by Crippen LogP contribution is -2.65. The van der Waals surface area contributed by atoms with Crippen molar-refractivity contribution < 1.29 is 71.6 Å². The number of aliphatic hydroxyl groups is 3. The van der Waals surface area contributed by atoms with Gasteiger partial charge in [0.05, 0.1) is 6.61 Å². The summed E-state index contributed by atoms with van der Waals surface area (Å²) in [6, 6.07) is 0. The Morgan fingerprint density at radius 2 is 1.10 bits per heavy atom. The van der Waals surface area contributed by atoms with Crippen LogP contribution in [0.25, 0.3) is 0 Å². The molecule has 10 N–H and O–H groups in total. The van der Waals surface area contributed by atoms with E-state index in [1.807, 2.05) is 0 Å². The normalized spacial score (nSPS) is 32.0. The summed E-state index contributed by atoms with van der Waals surface area (Å²) in [5.41, 5.74) is 5.33. The number of phosphoric acid groups is 3. The van der Waals surface area contributed by atoms with Crippen LogP contribution in [0.3, 0.4) is 0 Å².